The van der Waals surface area contributed by atoms with E-state index in [-0.39, 0.29) is 0 Å². The zero-order chi connectivity index (χ0) is 10.8. The summed E-state index contributed by atoms with van der Waals surface area (Å²) in [5.74, 6) is 2.12. The first-order valence-corrected chi connectivity index (χ1v) is 6.23. The van der Waals surface area contributed by atoms with Crippen molar-refractivity contribution in [2.24, 2.45) is 28.6 Å². The second-order valence-electron chi connectivity index (χ2n) is 6.39. The molecule has 3 rings (SSSR count). The van der Waals surface area contributed by atoms with E-state index in [2.05, 4.69) is 26.8 Å². The van der Waals surface area contributed by atoms with Crippen molar-refractivity contribution in [2.45, 2.75) is 40.0 Å². The first-order chi connectivity index (χ1) is 7.01. The molecule has 1 nitrogen and oxygen atoms in total. The Labute approximate surface area is 91.9 Å². The molecule has 15 heavy (non-hydrogen) atoms. The summed E-state index contributed by atoms with van der Waals surface area (Å²) in [6.45, 7) is 7.02. The lowest BCUT2D eigenvalue weighted by atomic mass is 9.69. The van der Waals surface area contributed by atoms with Crippen LogP contribution in [0.15, 0.2) is 12.2 Å². The zero-order valence-corrected chi connectivity index (χ0v) is 9.92. The summed E-state index contributed by atoms with van der Waals surface area (Å²) in [5.41, 5.74) is 0.748. The Morgan fingerprint density at radius 2 is 2.13 bits per heavy atom. The van der Waals surface area contributed by atoms with Crippen molar-refractivity contribution in [3.8, 4) is 0 Å². The molecule has 4 atom stereocenters. The van der Waals surface area contributed by atoms with Crippen molar-refractivity contribution in [1.82, 2.24) is 0 Å². The van der Waals surface area contributed by atoms with Crippen molar-refractivity contribution in [3.05, 3.63) is 12.2 Å². The maximum Gasteiger partial charge on any atom is 0.159 e. The Bertz CT molecular complexity index is 354. The number of hydrogen-bond acceptors (Lipinski definition) is 1. The highest BCUT2D eigenvalue weighted by molar-refractivity contribution is 5.94. The predicted octanol–water partition coefficient (Wildman–Crippen LogP) is 3.20. The normalized spacial score (nSPS) is 51.9. The van der Waals surface area contributed by atoms with E-state index >= 15 is 0 Å². The fraction of sp³-hybridized carbons (Fsp3) is 0.786. The van der Waals surface area contributed by atoms with E-state index in [1.54, 1.807) is 0 Å². The largest absolute Gasteiger partial charge is 0.295 e. The van der Waals surface area contributed by atoms with E-state index < -0.39 is 0 Å². The Morgan fingerprint density at radius 1 is 1.40 bits per heavy atom. The highest BCUT2D eigenvalue weighted by atomic mass is 16.1. The van der Waals surface area contributed by atoms with Crippen molar-refractivity contribution >= 4 is 5.78 Å². The fourth-order valence-electron chi connectivity index (χ4n) is 4.73. The molecule has 0 spiro atoms. The third kappa shape index (κ3) is 0.885. The maximum atomic E-state index is 11.9. The monoisotopic (exact) mass is 204 g/mol. The number of rotatable bonds is 1. The third-order valence-electron chi connectivity index (χ3n) is 5.79. The minimum Gasteiger partial charge on any atom is -0.295 e. The van der Waals surface area contributed by atoms with Crippen LogP contribution in [0.5, 0.6) is 0 Å². The molecule has 0 aliphatic heterocycles. The van der Waals surface area contributed by atoms with Gasteiger partial charge in [0.15, 0.2) is 5.78 Å². The molecule has 0 aromatic carbocycles. The van der Waals surface area contributed by atoms with Gasteiger partial charge in [-0.1, -0.05) is 26.8 Å². The fourth-order valence-corrected chi connectivity index (χ4v) is 4.73. The number of allylic oxidation sites excluding steroid dienone is 2. The van der Waals surface area contributed by atoms with Gasteiger partial charge in [0.05, 0.1) is 0 Å². The van der Waals surface area contributed by atoms with Gasteiger partial charge in [0, 0.05) is 5.92 Å². The van der Waals surface area contributed by atoms with E-state index in [0.29, 0.717) is 34.4 Å². The van der Waals surface area contributed by atoms with E-state index in [0.717, 1.165) is 6.42 Å². The number of hydrogen-bond donors (Lipinski definition) is 0. The minimum atomic E-state index is 0.302. The lowest BCUT2D eigenvalue weighted by Gasteiger charge is -2.35. The molecule has 82 valence electrons. The van der Waals surface area contributed by atoms with Crippen molar-refractivity contribution in [3.63, 3.8) is 0 Å². The first kappa shape index (κ1) is 9.62. The average molecular weight is 204 g/mol. The topological polar surface area (TPSA) is 17.1 Å². The number of ketones is 1. The molecule has 2 fully saturated rings. The average Bonchev–Trinajstić information content (AvgIpc) is 2.54. The van der Waals surface area contributed by atoms with Crippen LogP contribution >= 0.6 is 0 Å². The number of carbonyl (C=O) groups is 1. The van der Waals surface area contributed by atoms with Crippen LogP contribution < -0.4 is 0 Å². The predicted molar refractivity (Wildman–Crippen MR) is 60.4 cm³/mol. The summed E-state index contributed by atoms with van der Waals surface area (Å²) in [6.07, 6.45) is 7.85. The van der Waals surface area contributed by atoms with Crippen LogP contribution in [-0.2, 0) is 4.79 Å². The standard InChI is InChI=1S/C14H20O/c1-9(2)14-7-6-13(3)10(8-14)11(15)4-5-12(13)14/h4-5,9-10,12H,6-8H2,1-3H3/t10-,12-,13-,14+/m1/s1. The van der Waals surface area contributed by atoms with Gasteiger partial charge in [0.1, 0.15) is 0 Å². The van der Waals surface area contributed by atoms with Gasteiger partial charge in [-0.3, -0.25) is 4.79 Å². The Hall–Kier alpha value is -0.590. The maximum absolute atomic E-state index is 11.9. The van der Waals surface area contributed by atoms with Crippen LogP contribution in [0.25, 0.3) is 0 Å². The first-order valence-electron chi connectivity index (χ1n) is 6.23. The summed E-state index contributed by atoms with van der Waals surface area (Å²) in [4.78, 5) is 11.9. The van der Waals surface area contributed by atoms with Gasteiger partial charge in [-0.2, -0.15) is 0 Å². The zero-order valence-electron chi connectivity index (χ0n) is 9.92. The smallest absolute Gasteiger partial charge is 0.159 e. The second-order valence-corrected chi connectivity index (χ2v) is 6.39. The van der Waals surface area contributed by atoms with Gasteiger partial charge < -0.3 is 0 Å². The molecule has 0 heterocycles. The minimum absolute atomic E-state index is 0.302. The molecule has 0 N–H and O–H groups in total. The molecule has 1 heteroatoms. The summed E-state index contributed by atoms with van der Waals surface area (Å²) >= 11 is 0. The molecule has 0 radical (unpaired) electrons. The molecule has 3 aliphatic carbocycles. The molecule has 0 amide bonds. The lowest BCUT2D eigenvalue weighted by Crippen LogP contribution is -2.33. The van der Waals surface area contributed by atoms with E-state index in [9.17, 15) is 4.79 Å². The van der Waals surface area contributed by atoms with Crippen LogP contribution in [0, 0.1) is 28.6 Å². The molecule has 3 aliphatic rings. The van der Waals surface area contributed by atoms with Crippen LogP contribution in [0.1, 0.15) is 40.0 Å². The molecule has 0 saturated heterocycles. The summed E-state index contributed by atoms with van der Waals surface area (Å²) in [7, 11) is 0. The molecule has 0 unspecified atom stereocenters. The molecule has 0 aromatic heterocycles. The van der Waals surface area contributed by atoms with Gasteiger partial charge >= 0.3 is 0 Å². The van der Waals surface area contributed by atoms with Gasteiger partial charge in [0.25, 0.3) is 0 Å². The van der Waals surface area contributed by atoms with E-state index in [1.807, 2.05) is 6.08 Å². The second kappa shape index (κ2) is 2.56. The van der Waals surface area contributed by atoms with Gasteiger partial charge in [-0.05, 0) is 48.0 Å². The Balaban J connectivity index is 2.13. The summed E-state index contributed by atoms with van der Waals surface area (Å²) in [5, 5.41) is 0. The molecule has 4 bridgehead atoms. The van der Waals surface area contributed by atoms with Crippen LogP contribution in [0.2, 0.25) is 0 Å². The highest BCUT2D eigenvalue weighted by Crippen LogP contribution is 2.72. The van der Waals surface area contributed by atoms with Crippen molar-refractivity contribution in [2.75, 3.05) is 0 Å². The third-order valence-corrected chi connectivity index (χ3v) is 5.79. The number of carbonyl (C=O) groups excluding carboxylic acids is 1. The summed E-state index contributed by atoms with van der Waals surface area (Å²) in [6, 6.07) is 0. The molecule has 2 saturated carbocycles. The molecular weight excluding hydrogens is 184 g/mol. The molecular formula is C14H20O. The Kier molecular flexibility index (Phi) is 1.64. The highest BCUT2D eigenvalue weighted by Gasteiger charge is 2.66. The van der Waals surface area contributed by atoms with Gasteiger partial charge in [0.2, 0.25) is 0 Å². The Morgan fingerprint density at radius 3 is 2.73 bits per heavy atom. The lowest BCUT2D eigenvalue weighted by molar-refractivity contribution is -0.122. The van der Waals surface area contributed by atoms with Crippen molar-refractivity contribution in [1.29, 1.82) is 0 Å². The summed E-state index contributed by atoms with van der Waals surface area (Å²) < 4.78 is 0. The quantitative estimate of drug-likeness (QED) is 0.641. The van der Waals surface area contributed by atoms with Gasteiger partial charge in [-0.15, -0.1) is 0 Å². The van der Waals surface area contributed by atoms with E-state index in [1.165, 1.54) is 12.8 Å². The van der Waals surface area contributed by atoms with Crippen molar-refractivity contribution < 1.29 is 4.79 Å². The van der Waals surface area contributed by atoms with Crippen LogP contribution in [-0.4, -0.2) is 5.78 Å². The SMILES string of the molecule is CC(C)[C@]12CC[C@]3(C)[C@H](C1)C(=O)C=C[C@@H]23. The molecule has 0 aromatic rings. The van der Waals surface area contributed by atoms with E-state index in [4.69, 9.17) is 0 Å². The van der Waals surface area contributed by atoms with Gasteiger partial charge in [-0.25, -0.2) is 0 Å². The van der Waals surface area contributed by atoms with Crippen LogP contribution in [0.3, 0.4) is 0 Å². The van der Waals surface area contributed by atoms with Crippen LogP contribution in [0.4, 0.5) is 0 Å².